The zero-order valence-electron chi connectivity index (χ0n) is 11.6. The molecule has 0 aliphatic heterocycles. The van der Waals surface area contributed by atoms with E-state index < -0.39 is 8.32 Å². The average Bonchev–Trinajstić information content (AvgIpc) is 2.36. The fourth-order valence-corrected chi connectivity index (χ4v) is 5.31. The first kappa shape index (κ1) is 16.4. The van der Waals surface area contributed by atoms with Crippen molar-refractivity contribution in [2.24, 2.45) is 0 Å². The average molecular weight is 257 g/mol. The second-order valence-electron chi connectivity index (χ2n) is 4.28. The minimum atomic E-state index is -1.46. The molecule has 0 radical (unpaired) electrons. The highest BCUT2D eigenvalue weighted by Crippen LogP contribution is 2.24. The molecule has 0 aromatic carbocycles. The maximum absolute atomic E-state index is 10.9. The molecule has 0 aromatic heterocycles. The van der Waals surface area contributed by atoms with Crippen LogP contribution in [0.1, 0.15) is 33.6 Å². The Morgan fingerprint density at radius 2 is 1.94 bits per heavy atom. The lowest BCUT2D eigenvalue weighted by molar-refractivity contribution is -0.116. The zero-order valence-corrected chi connectivity index (χ0v) is 12.6. The Labute approximate surface area is 107 Å². The van der Waals surface area contributed by atoms with E-state index in [0.717, 1.165) is 26.0 Å². The Kier molecular flexibility index (Phi) is 9.08. The monoisotopic (exact) mass is 257 g/mol. The Balaban J connectivity index is 3.82. The van der Waals surface area contributed by atoms with Gasteiger partial charge in [-0.05, 0) is 37.6 Å². The van der Waals surface area contributed by atoms with E-state index in [2.05, 4.69) is 32.7 Å². The Morgan fingerprint density at radius 3 is 2.41 bits per heavy atom. The van der Waals surface area contributed by atoms with E-state index in [-0.39, 0.29) is 5.91 Å². The Hall–Kier alpha value is -0.613. The van der Waals surface area contributed by atoms with Gasteiger partial charge in [-0.15, -0.1) is 0 Å². The predicted molar refractivity (Wildman–Crippen MR) is 75.6 cm³/mol. The molecule has 4 heteroatoms. The summed E-state index contributed by atoms with van der Waals surface area (Å²) in [6.07, 6.45) is 3.49. The van der Waals surface area contributed by atoms with Crippen molar-refractivity contribution in [3.05, 3.63) is 12.7 Å². The number of carbonyl (C=O) groups is 1. The molecule has 1 amide bonds. The van der Waals surface area contributed by atoms with Crippen LogP contribution in [-0.2, 0) is 9.22 Å². The number of hydrogen-bond acceptors (Lipinski definition) is 2. The van der Waals surface area contributed by atoms with Crippen LogP contribution in [0.15, 0.2) is 12.7 Å². The van der Waals surface area contributed by atoms with Crippen molar-refractivity contribution in [1.29, 1.82) is 0 Å². The van der Waals surface area contributed by atoms with Crippen LogP contribution >= 0.6 is 0 Å². The topological polar surface area (TPSA) is 38.3 Å². The quantitative estimate of drug-likeness (QED) is 0.371. The summed E-state index contributed by atoms with van der Waals surface area (Å²) in [6.45, 7) is 11.6. The molecule has 0 saturated heterocycles. The Bertz CT molecular complexity index is 227. The third-order valence-electron chi connectivity index (χ3n) is 3.28. The molecular weight excluding hydrogens is 230 g/mol. The second kappa shape index (κ2) is 9.42. The van der Waals surface area contributed by atoms with Gasteiger partial charge in [0.1, 0.15) is 0 Å². The van der Waals surface area contributed by atoms with E-state index in [9.17, 15) is 4.79 Å². The van der Waals surface area contributed by atoms with Gasteiger partial charge >= 0.3 is 0 Å². The summed E-state index contributed by atoms with van der Waals surface area (Å²) in [5, 5.41) is 2.80. The van der Waals surface area contributed by atoms with Crippen molar-refractivity contribution in [1.82, 2.24) is 5.32 Å². The third-order valence-corrected chi connectivity index (χ3v) is 8.03. The van der Waals surface area contributed by atoms with E-state index in [1.807, 2.05) is 0 Å². The molecule has 3 nitrogen and oxygen atoms in total. The molecule has 0 rings (SSSR count). The highest BCUT2D eigenvalue weighted by molar-refractivity contribution is 6.73. The fourth-order valence-electron chi connectivity index (χ4n) is 2.04. The number of hydrogen-bond donors (Lipinski definition) is 1. The molecule has 17 heavy (non-hydrogen) atoms. The maximum atomic E-state index is 10.9. The zero-order chi connectivity index (χ0) is 13.1. The van der Waals surface area contributed by atoms with Crippen molar-refractivity contribution in [2.45, 2.75) is 51.7 Å². The van der Waals surface area contributed by atoms with Crippen LogP contribution < -0.4 is 5.32 Å². The molecular formula is C13H27NO2Si. The lowest BCUT2D eigenvalue weighted by Crippen LogP contribution is -2.36. The predicted octanol–water partition coefficient (Wildman–Crippen LogP) is 3.09. The molecule has 0 fully saturated rings. The molecule has 0 heterocycles. The van der Waals surface area contributed by atoms with Crippen molar-refractivity contribution >= 4 is 14.2 Å². The number of rotatable bonds is 10. The Morgan fingerprint density at radius 1 is 1.29 bits per heavy atom. The van der Waals surface area contributed by atoms with Gasteiger partial charge in [-0.25, -0.2) is 0 Å². The van der Waals surface area contributed by atoms with E-state index in [1.54, 1.807) is 0 Å². The maximum Gasteiger partial charge on any atom is 0.243 e. The van der Waals surface area contributed by atoms with E-state index >= 15 is 0 Å². The molecule has 100 valence electrons. The van der Waals surface area contributed by atoms with E-state index in [0.29, 0.717) is 0 Å². The lowest BCUT2D eigenvalue weighted by Gasteiger charge is -2.28. The van der Waals surface area contributed by atoms with Gasteiger partial charge in [0.15, 0.2) is 8.32 Å². The summed E-state index contributed by atoms with van der Waals surface area (Å²) >= 11 is 0. The molecule has 0 bridgehead atoms. The van der Waals surface area contributed by atoms with Crippen molar-refractivity contribution in [2.75, 3.05) is 13.2 Å². The number of carbonyl (C=O) groups excluding carboxylic acids is 1. The van der Waals surface area contributed by atoms with Gasteiger partial charge in [0.05, 0.1) is 0 Å². The first-order valence-electron chi connectivity index (χ1n) is 6.68. The largest absolute Gasteiger partial charge is 0.417 e. The minimum Gasteiger partial charge on any atom is -0.417 e. The third kappa shape index (κ3) is 6.63. The van der Waals surface area contributed by atoms with E-state index in [4.69, 9.17) is 4.43 Å². The highest BCUT2D eigenvalue weighted by Gasteiger charge is 2.29. The first-order valence-corrected chi connectivity index (χ1v) is 9.21. The van der Waals surface area contributed by atoms with Crippen LogP contribution in [0.2, 0.25) is 18.1 Å². The lowest BCUT2D eigenvalue weighted by atomic mass is 10.3. The second-order valence-corrected chi connectivity index (χ2v) is 8.84. The van der Waals surface area contributed by atoms with Crippen LogP contribution in [-0.4, -0.2) is 27.4 Å². The number of unbranched alkanes of at least 4 members (excludes halogenated alkanes) is 1. The molecule has 0 saturated carbocycles. The van der Waals surface area contributed by atoms with Crippen molar-refractivity contribution in [3.8, 4) is 0 Å². The SMILES string of the molecule is C=CC(=O)NCCCC[Si](CC)(CC)OCC. The molecule has 0 aromatic rings. The summed E-state index contributed by atoms with van der Waals surface area (Å²) < 4.78 is 6.01. The van der Waals surface area contributed by atoms with Crippen LogP contribution in [0.25, 0.3) is 0 Å². The van der Waals surface area contributed by atoms with Gasteiger partial charge in [0.2, 0.25) is 5.91 Å². The highest BCUT2D eigenvalue weighted by atomic mass is 28.4. The molecule has 0 aliphatic carbocycles. The van der Waals surface area contributed by atoms with Gasteiger partial charge in [0, 0.05) is 13.2 Å². The van der Waals surface area contributed by atoms with Crippen molar-refractivity contribution in [3.63, 3.8) is 0 Å². The van der Waals surface area contributed by atoms with Gasteiger partial charge in [-0.2, -0.15) is 0 Å². The van der Waals surface area contributed by atoms with Gasteiger partial charge < -0.3 is 9.74 Å². The van der Waals surface area contributed by atoms with Crippen molar-refractivity contribution < 1.29 is 9.22 Å². The van der Waals surface area contributed by atoms with Crippen LogP contribution in [0.5, 0.6) is 0 Å². The summed E-state index contributed by atoms with van der Waals surface area (Å²) in [7, 11) is -1.46. The fraction of sp³-hybridized carbons (Fsp3) is 0.769. The number of amides is 1. The van der Waals surface area contributed by atoms with Gasteiger partial charge in [0.25, 0.3) is 0 Å². The van der Waals surface area contributed by atoms with Gasteiger partial charge in [-0.3, -0.25) is 4.79 Å². The van der Waals surface area contributed by atoms with Crippen LogP contribution in [0.4, 0.5) is 0 Å². The van der Waals surface area contributed by atoms with E-state index in [1.165, 1.54) is 24.2 Å². The van der Waals surface area contributed by atoms with Crippen LogP contribution in [0.3, 0.4) is 0 Å². The first-order chi connectivity index (χ1) is 8.14. The minimum absolute atomic E-state index is 0.0794. The summed E-state index contributed by atoms with van der Waals surface area (Å²) in [4.78, 5) is 10.9. The normalized spacial score (nSPS) is 11.2. The molecule has 0 aliphatic rings. The summed E-state index contributed by atoms with van der Waals surface area (Å²) in [6, 6.07) is 3.59. The van der Waals surface area contributed by atoms with Crippen LogP contribution in [0, 0.1) is 0 Å². The van der Waals surface area contributed by atoms with Gasteiger partial charge in [-0.1, -0.05) is 26.8 Å². The molecule has 0 unspecified atom stereocenters. The molecule has 0 spiro atoms. The standard InChI is InChI=1S/C13H27NO2Si/c1-5-13(15)14-11-9-10-12-17(7-3,8-4)16-6-2/h5H,1,6-12H2,2-4H3,(H,14,15). The number of nitrogens with one attached hydrogen (secondary N) is 1. The smallest absolute Gasteiger partial charge is 0.243 e. The summed E-state index contributed by atoms with van der Waals surface area (Å²) in [5.41, 5.74) is 0. The molecule has 1 N–H and O–H groups in total. The molecule has 0 atom stereocenters. The summed E-state index contributed by atoms with van der Waals surface area (Å²) in [5.74, 6) is -0.0794.